The molecule has 2 aromatic carbocycles. The van der Waals surface area contributed by atoms with Gasteiger partial charge < -0.3 is 20.3 Å². The zero-order valence-corrected chi connectivity index (χ0v) is 23.8. The molecule has 2 N–H and O–H groups in total. The Kier molecular flexibility index (Phi) is 11.1. The van der Waals surface area contributed by atoms with Crippen LogP contribution in [0.2, 0.25) is 0 Å². The highest BCUT2D eigenvalue weighted by Gasteiger charge is 2.39. The van der Waals surface area contributed by atoms with Crippen LogP contribution in [0.1, 0.15) is 77.6 Å². The van der Waals surface area contributed by atoms with Crippen LogP contribution in [-0.2, 0) is 20.9 Å². The van der Waals surface area contributed by atoms with Crippen molar-refractivity contribution in [2.45, 2.75) is 85.2 Å². The van der Waals surface area contributed by atoms with Crippen molar-refractivity contribution in [2.24, 2.45) is 5.92 Å². The standard InChI is InChI=1S/C31H43N3O4/c1-9-22(5)34(29(36)26(21(3)4)33-30(37)38-31(6,7)8)27(25-18-14-17-23(10-2)19-25)28(35)32-20-24-15-12-11-13-16-24/h10-19,21-22,26-27H,2,9,20H2,1,3-8H3,(H,32,35)(H,33,37). The number of alkyl carbamates (subject to hydrolysis) is 1. The molecule has 0 saturated heterocycles. The van der Waals surface area contributed by atoms with Crippen LogP contribution in [0.5, 0.6) is 0 Å². The molecule has 0 aromatic heterocycles. The third-order valence-electron chi connectivity index (χ3n) is 6.22. The van der Waals surface area contributed by atoms with Crippen LogP contribution < -0.4 is 10.6 Å². The minimum atomic E-state index is -0.914. The molecule has 2 rings (SSSR count). The Labute approximate surface area is 227 Å². The second-order valence-electron chi connectivity index (χ2n) is 10.9. The van der Waals surface area contributed by atoms with E-state index < -0.39 is 23.8 Å². The highest BCUT2D eigenvalue weighted by molar-refractivity contribution is 5.92. The van der Waals surface area contributed by atoms with Crippen molar-refractivity contribution in [2.75, 3.05) is 0 Å². The number of carbonyl (C=O) groups excluding carboxylic acids is 3. The number of nitrogens with zero attached hydrogens (tertiary/aromatic N) is 1. The Bertz CT molecular complexity index is 1090. The van der Waals surface area contributed by atoms with Gasteiger partial charge in [0.25, 0.3) is 0 Å². The number of ether oxygens (including phenoxy) is 1. The summed E-state index contributed by atoms with van der Waals surface area (Å²) in [6, 6.07) is 15.0. The van der Waals surface area contributed by atoms with Crippen LogP contribution in [0.25, 0.3) is 6.08 Å². The van der Waals surface area contributed by atoms with E-state index in [1.165, 1.54) is 0 Å². The quantitative estimate of drug-likeness (QED) is 0.388. The lowest BCUT2D eigenvalue weighted by Gasteiger charge is -2.39. The lowest BCUT2D eigenvalue weighted by molar-refractivity contribution is -0.146. The van der Waals surface area contributed by atoms with Gasteiger partial charge in [-0.2, -0.15) is 0 Å². The van der Waals surface area contributed by atoms with Crippen molar-refractivity contribution in [3.8, 4) is 0 Å². The molecular weight excluding hydrogens is 478 g/mol. The molecular formula is C31H43N3O4. The first-order valence-electron chi connectivity index (χ1n) is 13.2. The lowest BCUT2D eigenvalue weighted by atomic mass is 9.95. The topological polar surface area (TPSA) is 87.7 Å². The summed E-state index contributed by atoms with van der Waals surface area (Å²) < 4.78 is 5.43. The molecule has 3 atom stereocenters. The van der Waals surface area contributed by atoms with Crippen molar-refractivity contribution < 1.29 is 19.1 Å². The van der Waals surface area contributed by atoms with Crippen LogP contribution >= 0.6 is 0 Å². The molecule has 0 aliphatic heterocycles. The van der Waals surface area contributed by atoms with E-state index in [9.17, 15) is 14.4 Å². The summed E-state index contributed by atoms with van der Waals surface area (Å²) in [6.45, 7) is 17.1. The molecule has 3 unspecified atom stereocenters. The maximum absolute atomic E-state index is 14.2. The van der Waals surface area contributed by atoms with Crippen LogP contribution in [0, 0.1) is 5.92 Å². The first-order valence-corrected chi connectivity index (χ1v) is 13.2. The van der Waals surface area contributed by atoms with E-state index in [1.807, 2.05) is 82.3 Å². The maximum Gasteiger partial charge on any atom is 0.408 e. The molecule has 0 fully saturated rings. The van der Waals surface area contributed by atoms with E-state index in [0.29, 0.717) is 18.5 Å². The SMILES string of the molecule is C=Cc1cccc(C(C(=O)NCc2ccccc2)N(C(=O)C(NC(=O)OC(C)(C)C)C(C)C)C(C)CC)c1. The van der Waals surface area contributed by atoms with Crippen LogP contribution in [0.3, 0.4) is 0 Å². The Morgan fingerprint density at radius 1 is 1.03 bits per heavy atom. The second-order valence-corrected chi connectivity index (χ2v) is 10.9. The summed E-state index contributed by atoms with van der Waals surface area (Å²) in [7, 11) is 0. The van der Waals surface area contributed by atoms with Gasteiger partial charge in [-0.1, -0.05) is 82.0 Å². The summed E-state index contributed by atoms with van der Waals surface area (Å²) in [6.07, 6.45) is 1.65. The molecule has 2 aromatic rings. The van der Waals surface area contributed by atoms with E-state index in [-0.39, 0.29) is 23.8 Å². The molecule has 0 heterocycles. The van der Waals surface area contributed by atoms with Crippen LogP contribution in [-0.4, -0.2) is 40.5 Å². The Balaban J connectivity index is 2.52. The van der Waals surface area contributed by atoms with E-state index in [2.05, 4.69) is 17.2 Å². The van der Waals surface area contributed by atoms with Gasteiger partial charge in [0.1, 0.15) is 17.7 Å². The third kappa shape index (κ3) is 8.75. The van der Waals surface area contributed by atoms with Crippen molar-refractivity contribution in [3.63, 3.8) is 0 Å². The maximum atomic E-state index is 14.2. The zero-order valence-electron chi connectivity index (χ0n) is 23.8. The highest BCUT2D eigenvalue weighted by Crippen LogP contribution is 2.28. The third-order valence-corrected chi connectivity index (χ3v) is 6.22. The molecule has 7 nitrogen and oxygen atoms in total. The van der Waals surface area contributed by atoms with E-state index >= 15 is 0 Å². The summed E-state index contributed by atoms with van der Waals surface area (Å²) in [5.74, 6) is -0.887. The second kappa shape index (κ2) is 13.8. The summed E-state index contributed by atoms with van der Waals surface area (Å²) in [4.78, 5) is 42.3. The molecule has 0 aliphatic rings. The van der Waals surface area contributed by atoms with Crippen LogP contribution in [0.15, 0.2) is 61.2 Å². The van der Waals surface area contributed by atoms with Crippen molar-refractivity contribution in [3.05, 3.63) is 77.9 Å². The van der Waals surface area contributed by atoms with Crippen molar-refractivity contribution in [1.82, 2.24) is 15.5 Å². The fourth-order valence-corrected chi connectivity index (χ4v) is 4.08. The molecule has 0 radical (unpaired) electrons. The van der Waals surface area contributed by atoms with Crippen molar-refractivity contribution in [1.29, 1.82) is 0 Å². The van der Waals surface area contributed by atoms with Gasteiger partial charge in [0, 0.05) is 12.6 Å². The number of hydrogen-bond donors (Lipinski definition) is 2. The van der Waals surface area contributed by atoms with Gasteiger partial charge in [0.15, 0.2) is 0 Å². The molecule has 0 spiro atoms. The predicted octanol–water partition coefficient (Wildman–Crippen LogP) is 5.86. The number of benzene rings is 2. The van der Waals surface area contributed by atoms with Crippen molar-refractivity contribution >= 4 is 24.0 Å². The first kappa shape index (κ1) is 30.6. The Morgan fingerprint density at radius 3 is 2.24 bits per heavy atom. The van der Waals surface area contributed by atoms with Gasteiger partial charge in [-0.25, -0.2) is 4.79 Å². The molecule has 38 heavy (non-hydrogen) atoms. The number of amides is 3. The predicted molar refractivity (Wildman–Crippen MR) is 152 cm³/mol. The molecule has 7 heteroatoms. The normalized spacial score (nSPS) is 13.7. The van der Waals surface area contributed by atoms with Gasteiger partial charge in [-0.15, -0.1) is 0 Å². The zero-order chi connectivity index (χ0) is 28.5. The monoisotopic (exact) mass is 521 g/mol. The molecule has 0 bridgehead atoms. The largest absolute Gasteiger partial charge is 0.444 e. The molecule has 0 saturated carbocycles. The van der Waals surface area contributed by atoms with Gasteiger partial charge in [-0.3, -0.25) is 9.59 Å². The lowest BCUT2D eigenvalue weighted by Crippen LogP contribution is -2.57. The van der Waals surface area contributed by atoms with E-state index in [0.717, 1.165) is 11.1 Å². The van der Waals surface area contributed by atoms with Gasteiger partial charge in [-0.05, 0) is 62.8 Å². The number of nitrogens with one attached hydrogen (secondary N) is 2. The average molecular weight is 522 g/mol. The fourth-order valence-electron chi connectivity index (χ4n) is 4.08. The summed E-state index contributed by atoms with van der Waals surface area (Å²) in [5.41, 5.74) is 1.75. The van der Waals surface area contributed by atoms with Gasteiger partial charge in [0.05, 0.1) is 0 Å². The van der Waals surface area contributed by atoms with E-state index in [1.54, 1.807) is 31.7 Å². The van der Waals surface area contributed by atoms with Crippen LogP contribution in [0.4, 0.5) is 4.79 Å². The average Bonchev–Trinajstić information content (AvgIpc) is 2.87. The Morgan fingerprint density at radius 2 is 1.68 bits per heavy atom. The van der Waals surface area contributed by atoms with Gasteiger partial charge >= 0.3 is 6.09 Å². The molecule has 206 valence electrons. The summed E-state index contributed by atoms with van der Waals surface area (Å²) in [5, 5.41) is 5.78. The highest BCUT2D eigenvalue weighted by atomic mass is 16.6. The summed E-state index contributed by atoms with van der Waals surface area (Å²) >= 11 is 0. The van der Waals surface area contributed by atoms with Gasteiger partial charge in [0.2, 0.25) is 11.8 Å². The first-order chi connectivity index (χ1) is 17.9. The number of hydrogen-bond acceptors (Lipinski definition) is 4. The minimum absolute atomic E-state index is 0.242. The minimum Gasteiger partial charge on any atom is -0.444 e. The number of rotatable bonds is 11. The fraction of sp³-hybridized carbons (Fsp3) is 0.452. The Hall–Kier alpha value is -3.61. The smallest absolute Gasteiger partial charge is 0.408 e. The van der Waals surface area contributed by atoms with E-state index in [4.69, 9.17) is 4.74 Å². The number of carbonyl (C=O) groups is 3. The molecule has 0 aliphatic carbocycles. The molecule has 3 amide bonds.